The van der Waals surface area contributed by atoms with E-state index in [2.05, 4.69) is 32.1 Å². The van der Waals surface area contributed by atoms with Gasteiger partial charge in [-0.1, -0.05) is 6.07 Å². The lowest BCUT2D eigenvalue weighted by atomic mass is 9.96. The Hall–Kier alpha value is -1.88. The molecule has 0 spiro atoms. The van der Waals surface area contributed by atoms with Gasteiger partial charge in [-0.15, -0.1) is 15.7 Å². The lowest BCUT2D eigenvalue weighted by Gasteiger charge is -2.31. The van der Waals surface area contributed by atoms with E-state index in [1.807, 2.05) is 23.1 Å². The molecule has 10 heteroatoms. The third kappa shape index (κ3) is 4.67. The molecule has 0 saturated carbocycles. The molecular formula is C21H24N4O3S3. The number of anilines is 1. The minimum atomic E-state index is -3.38. The van der Waals surface area contributed by atoms with Gasteiger partial charge in [-0.05, 0) is 73.3 Å². The minimum Gasteiger partial charge on any atom is -0.352 e. The molecule has 3 aliphatic heterocycles. The fourth-order valence-corrected chi connectivity index (χ4v) is 7.22. The maximum Gasteiger partial charge on any atom is 0.257 e. The number of amidine groups is 1. The largest absolute Gasteiger partial charge is 0.352 e. The van der Waals surface area contributed by atoms with Crippen molar-refractivity contribution in [3.8, 4) is 0 Å². The van der Waals surface area contributed by atoms with Gasteiger partial charge in [0.1, 0.15) is 0 Å². The second-order valence-corrected chi connectivity index (χ2v) is 11.9. The Kier molecular flexibility index (Phi) is 5.80. The molecule has 1 fully saturated rings. The van der Waals surface area contributed by atoms with Crippen LogP contribution < -0.4 is 10.2 Å². The van der Waals surface area contributed by atoms with Crippen molar-refractivity contribution in [1.29, 1.82) is 0 Å². The van der Waals surface area contributed by atoms with E-state index in [-0.39, 0.29) is 11.7 Å². The van der Waals surface area contributed by atoms with E-state index < -0.39 is 10.0 Å². The van der Waals surface area contributed by atoms with Crippen molar-refractivity contribution in [2.75, 3.05) is 36.8 Å². The molecule has 0 aliphatic carbocycles. The quantitative estimate of drug-likeness (QED) is 0.715. The number of thiophene rings is 1. The highest BCUT2D eigenvalue weighted by molar-refractivity contribution is 8.15. The standard InChI is InChI=1S/C21H24N4O3S3/c26-20(22-13-15-5-7-24(8-6-15)14-17-2-1-10-29-17)16-3-4-18-19(12-16)30-21-23-31(27,28)11-9-25(18)21/h1-4,10,12,15H,5-9,11,13-14H2,(H,22,26). The van der Waals surface area contributed by atoms with Gasteiger partial charge in [-0.3, -0.25) is 9.69 Å². The minimum absolute atomic E-state index is 0.0187. The molecule has 1 aromatic heterocycles. The number of hydrogen-bond donors (Lipinski definition) is 1. The predicted molar refractivity (Wildman–Crippen MR) is 126 cm³/mol. The summed E-state index contributed by atoms with van der Waals surface area (Å²) >= 11 is 3.12. The van der Waals surface area contributed by atoms with Gasteiger partial charge in [0.05, 0.1) is 11.4 Å². The summed E-state index contributed by atoms with van der Waals surface area (Å²) in [6.07, 6.45) is 2.18. The first kappa shape index (κ1) is 21.0. The van der Waals surface area contributed by atoms with Crippen molar-refractivity contribution in [2.24, 2.45) is 10.3 Å². The zero-order chi connectivity index (χ0) is 21.4. The van der Waals surface area contributed by atoms with Crippen LogP contribution in [0.5, 0.6) is 0 Å². The van der Waals surface area contributed by atoms with Crippen molar-refractivity contribution in [3.63, 3.8) is 0 Å². The van der Waals surface area contributed by atoms with Crippen molar-refractivity contribution in [1.82, 2.24) is 10.2 Å². The molecule has 31 heavy (non-hydrogen) atoms. The zero-order valence-corrected chi connectivity index (χ0v) is 19.4. The SMILES string of the molecule is O=C(NCC1CCN(Cc2cccs2)CC1)c1ccc2c(c1)SC1=NS(=O)(=O)CCN12. The summed E-state index contributed by atoms with van der Waals surface area (Å²) in [6.45, 7) is 4.24. The van der Waals surface area contributed by atoms with Crippen LogP contribution in [0.15, 0.2) is 45.0 Å². The van der Waals surface area contributed by atoms with Crippen LogP contribution in [0, 0.1) is 5.92 Å². The Morgan fingerprint density at radius 1 is 1.19 bits per heavy atom. The van der Waals surface area contributed by atoms with Crippen molar-refractivity contribution < 1.29 is 13.2 Å². The number of amides is 1. The predicted octanol–water partition coefficient (Wildman–Crippen LogP) is 3.00. The van der Waals surface area contributed by atoms with Crippen molar-refractivity contribution >= 4 is 49.9 Å². The van der Waals surface area contributed by atoms with Gasteiger partial charge in [0, 0.05) is 35.0 Å². The van der Waals surface area contributed by atoms with Gasteiger partial charge in [0.2, 0.25) is 0 Å². The highest BCUT2D eigenvalue weighted by atomic mass is 32.2. The summed E-state index contributed by atoms with van der Waals surface area (Å²) in [5.41, 5.74) is 1.53. The van der Waals surface area contributed by atoms with Crippen LogP contribution in [0.4, 0.5) is 5.69 Å². The summed E-state index contributed by atoms with van der Waals surface area (Å²) in [5, 5.41) is 5.69. The van der Waals surface area contributed by atoms with Gasteiger partial charge in [0.15, 0.2) is 5.17 Å². The lowest BCUT2D eigenvalue weighted by Crippen LogP contribution is -2.38. The molecule has 1 saturated heterocycles. The van der Waals surface area contributed by atoms with E-state index in [0.29, 0.717) is 29.7 Å². The Balaban J connectivity index is 1.15. The Bertz CT molecular complexity index is 1110. The van der Waals surface area contributed by atoms with Gasteiger partial charge in [-0.25, -0.2) is 8.42 Å². The van der Waals surface area contributed by atoms with Gasteiger partial charge in [0.25, 0.3) is 15.9 Å². The smallest absolute Gasteiger partial charge is 0.257 e. The molecule has 1 amide bonds. The molecule has 3 aliphatic rings. The van der Waals surface area contributed by atoms with Gasteiger partial charge < -0.3 is 10.2 Å². The summed E-state index contributed by atoms with van der Waals surface area (Å²) in [4.78, 5) is 19.4. The molecule has 0 radical (unpaired) electrons. The maximum absolute atomic E-state index is 12.7. The number of thioether (sulfide) groups is 1. The fraction of sp³-hybridized carbons (Fsp3) is 0.429. The first-order valence-corrected chi connectivity index (χ1v) is 13.7. The first-order valence-electron chi connectivity index (χ1n) is 10.4. The molecule has 7 nitrogen and oxygen atoms in total. The zero-order valence-electron chi connectivity index (χ0n) is 17.0. The molecule has 0 atom stereocenters. The number of carbonyl (C=O) groups excluding carboxylic acids is 1. The summed E-state index contributed by atoms with van der Waals surface area (Å²) in [7, 11) is -3.38. The van der Waals surface area contributed by atoms with E-state index in [0.717, 1.165) is 43.1 Å². The van der Waals surface area contributed by atoms with Crippen LogP contribution in [0.3, 0.4) is 0 Å². The normalized spacial score (nSPS) is 20.8. The molecular weight excluding hydrogens is 452 g/mol. The van der Waals surface area contributed by atoms with Crippen LogP contribution in [-0.2, 0) is 16.6 Å². The fourth-order valence-electron chi connectivity index (χ4n) is 4.18. The molecule has 0 unspecified atom stereocenters. The van der Waals surface area contributed by atoms with E-state index in [1.54, 1.807) is 11.3 Å². The molecule has 2 aromatic rings. The summed E-state index contributed by atoms with van der Waals surface area (Å²) in [6, 6.07) is 9.82. The molecule has 1 aromatic carbocycles. The number of fused-ring (bicyclic) bond motifs is 3. The number of benzene rings is 1. The summed E-state index contributed by atoms with van der Waals surface area (Å²) < 4.78 is 27.4. The summed E-state index contributed by atoms with van der Waals surface area (Å²) in [5.74, 6) is 0.440. The molecule has 1 N–H and O–H groups in total. The number of nitrogens with one attached hydrogen (secondary N) is 1. The van der Waals surface area contributed by atoms with Gasteiger partial charge in [-0.2, -0.15) is 0 Å². The third-order valence-electron chi connectivity index (χ3n) is 5.95. The van der Waals surface area contributed by atoms with E-state index in [1.165, 1.54) is 16.6 Å². The number of carbonyl (C=O) groups is 1. The van der Waals surface area contributed by atoms with Crippen molar-refractivity contribution in [3.05, 3.63) is 46.2 Å². The molecule has 4 heterocycles. The van der Waals surface area contributed by atoms with Gasteiger partial charge >= 0.3 is 0 Å². The second-order valence-electron chi connectivity index (χ2n) is 8.11. The number of piperidine rings is 1. The number of nitrogens with zero attached hydrogens (tertiary/aromatic N) is 3. The third-order valence-corrected chi connectivity index (χ3v) is 9.12. The van der Waals surface area contributed by atoms with E-state index in [9.17, 15) is 13.2 Å². The second kappa shape index (κ2) is 8.57. The van der Waals surface area contributed by atoms with Crippen LogP contribution in [0.1, 0.15) is 28.1 Å². The van der Waals surface area contributed by atoms with E-state index >= 15 is 0 Å². The molecule has 0 bridgehead atoms. The Morgan fingerprint density at radius 3 is 2.81 bits per heavy atom. The topological polar surface area (TPSA) is 82.1 Å². The highest BCUT2D eigenvalue weighted by Gasteiger charge is 2.33. The van der Waals surface area contributed by atoms with Crippen LogP contribution >= 0.6 is 23.1 Å². The Labute approximate surface area is 190 Å². The highest BCUT2D eigenvalue weighted by Crippen LogP contribution is 2.42. The maximum atomic E-state index is 12.7. The van der Waals surface area contributed by atoms with Crippen LogP contribution in [0.25, 0.3) is 0 Å². The van der Waals surface area contributed by atoms with E-state index in [4.69, 9.17) is 0 Å². The number of rotatable bonds is 5. The lowest BCUT2D eigenvalue weighted by molar-refractivity contribution is 0.0935. The van der Waals surface area contributed by atoms with Crippen LogP contribution in [-0.4, -0.2) is 56.3 Å². The molecule has 5 rings (SSSR count). The number of hydrogen-bond acceptors (Lipinski definition) is 7. The first-order chi connectivity index (χ1) is 15.0. The average molecular weight is 477 g/mol. The number of likely N-dealkylation sites (tertiary alicyclic amines) is 1. The average Bonchev–Trinajstić information content (AvgIpc) is 3.38. The number of sulfonamides is 1. The Morgan fingerprint density at radius 2 is 2.03 bits per heavy atom. The molecule has 164 valence electrons. The monoisotopic (exact) mass is 476 g/mol. The van der Waals surface area contributed by atoms with Crippen LogP contribution in [0.2, 0.25) is 0 Å². The van der Waals surface area contributed by atoms with Crippen molar-refractivity contribution in [2.45, 2.75) is 24.3 Å².